The van der Waals surface area contributed by atoms with Crippen LogP contribution in [0.3, 0.4) is 0 Å². The molecule has 14 heavy (non-hydrogen) atoms. The Morgan fingerprint density at radius 2 is 1.86 bits per heavy atom. The standard InChI is InChI=1S/C11H20N2O/c1-4-12(5-2)11(14)13-8-6-10(3)7-9-13/h3-9H2,1-2H3. The number of hydrogen-bond donors (Lipinski definition) is 0. The predicted molar refractivity (Wildman–Crippen MR) is 58.3 cm³/mol. The number of likely N-dealkylation sites (tertiary alicyclic amines) is 1. The summed E-state index contributed by atoms with van der Waals surface area (Å²) < 4.78 is 0. The molecule has 1 aliphatic rings. The van der Waals surface area contributed by atoms with Gasteiger partial charge in [-0.25, -0.2) is 4.79 Å². The van der Waals surface area contributed by atoms with Gasteiger partial charge in [-0.2, -0.15) is 0 Å². The lowest BCUT2D eigenvalue weighted by molar-refractivity contribution is 0.154. The molecule has 1 heterocycles. The van der Waals surface area contributed by atoms with Crippen LogP contribution < -0.4 is 0 Å². The number of urea groups is 1. The summed E-state index contributed by atoms with van der Waals surface area (Å²) in [5.74, 6) is 0. The minimum Gasteiger partial charge on any atom is -0.325 e. The number of carbonyl (C=O) groups excluding carboxylic acids is 1. The van der Waals surface area contributed by atoms with E-state index in [9.17, 15) is 4.79 Å². The minimum atomic E-state index is 0.183. The molecule has 0 atom stereocenters. The topological polar surface area (TPSA) is 23.6 Å². The molecule has 0 spiro atoms. The zero-order valence-electron chi connectivity index (χ0n) is 9.25. The van der Waals surface area contributed by atoms with Gasteiger partial charge >= 0.3 is 6.03 Å². The predicted octanol–water partition coefficient (Wildman–Crippen LogP) is 2.10. The van der Waals surface area contributed by atoms with Crippen LogP contribution in [0.2, 0.25) is 0 Å². The van der Waals surface area contributed by atoms with Crippen molar-refractivity contribution in [3.63, 3.8) is 0 Å². The number of carbonyl (C=O) groups is 1. The molecule has 0 radical (unpaired) electrons. The van der Waals surface area contributed by atoms with Gasteiger partial charge in [-0.15, -0.1) is 0 Å². The third-order valence-electron chi connectivity index (χ3n) is 2.78. The summed E-state index contributed by atoms with van der Waals surface area (Å²) in [5.41, 5.74) is 1.27. The molecule has 3 heteroatoms. The second kappa shape index (κ2) is 5.03. The molecule has 1 saturated heterocycles. The van der Waals surface area contributed by atoms with Gasteiger partial charge in [-0.3, -0.25) is 0 Å². The van der Waals surface area contributed by atoms with Gasteiger partial charge in [-0.1, -0.05) is 12.2 Å². The molecule has 0 aromatic carbocycles. The first-order chi connectivity index (χ1) is 6.69. The first-order valence-electron chi connectivity index (χ1n) is 5.39. The van der Waals surface area contributed by atoms with Gasteiger partial charge in [0.05, 0.1) is 0 Å². The van der Waals surface area contributed by atoms with E-state index in [0.717, 1.165) is 39.0 Å². The lowest BCUT2D eigenvalue weighted by Gasteiger charge is -2.32. The number of nitrogens with zero attached hydrogens (tertiary/aromatic N) is 2. The third-order valence-corrected chi connectivity index (χ3v) is 2.78. The molecule has 1 aliphatic heterocycles. The fourth-order valence-electron chi connectivity index (χ4n) is 1.71. The zero-order chi connectivity index (χ0) is 10.6. The third kappa shape index (κ3) is 2.50. The summed E-state index contributed by atoms with van der Waals surface area (Å²) in [7, 11) is 0. The molecule has 0 aliphatic carbocycles. The lowest BCUT2D eigenvalue weighted by Crippen LogP contribution is -2.45. The second-order valence-corrected chi connectivity index (χ2v) is 3.69. The molecule has 3 nitrogen and oxygen atoms in total. The van der Waals surface area contributed by atoms with Crippen molar-refractivity contribution in [2.24, 2.45) is 0 Å². The Morgan fingerprint density at radius 3 is 2.29 bits per heavy atom. The van der Waals surface area contributed by atoms with Crippen molar-refractivity contribution in [3.8, 4) is 0 Å². The summed E-state index contributed by atoms with van der Waals surface area (Å²) in [6.45, 7) is 11.3. The molecule has 1 rings (SSSR count). The Kier molecular flexibility index (Phi) is 3.98. The van der Waals surface area contributed by atoms with Crippen molar-refractivity contribution in [2.45, 2.75) is 26.7 Å². The van der Waals surface area contributed by atoms with E-state index in [4.69, 9.17) is 0 Å². The maximum absolute atomic E-state index is 11.9. The van der Waals surface area contributed by atoms with Crippen LogP contribution in [0.5, 0.6) is 0 Å². The van der Waals surface area contributed by atoms with Crippen molar-refractivity contribution in [2.75, 3.05) is 26.2 Å². The van der Waals surface area contributed by atoms with Crippen LogP contribution in [0.15, 0.2) is 12.2 Å². The summed E-state index contributed by atoms with van der Waals surface area (Å²) in [6, 6.07) is 0.183. The van der Waals surface area contributed by atoms with Crippen LogP contribution in [-0.2, 0) is 0 Å². The van der Waals surface area contributed by atoms with E-state index >= 15 is 0 Å². The number of piperidine rings is 1. The Bertz CT molecular complexity index is 211. The van der Waals surface area contributed by atoms with Crippen molar-refractivity contribution in [1.29, 1.82) is 0 Å². The number of amides is 2. The van der Waals surface area contributed by atoms with Gasteiger partial charge in [-0.05, 0) is 26.7 Å². The first kappa shape index (κ1) is 11.1. The van der Waals surface area contributed by atoms with Gasteiger partial charge in [0.2, 0.25) is 0 Å². The SMILES string of the molecule is C=C1CCN(C(=O)N(CC)CC)CC1. The van der Waals surface area contributed by atoms with Gasteiger partial charge in [0.15, 0.2) is 0 Å². The van der Waals surface area contributed by atoms with Crippen LogP contribution in [0.4, 0.5) is 4.79 Å². The van der Waals surface area contributed by atoms with Crippen molar-refractivity contribution in [3.05, 3.63) is 12.2 Å². The molecule has 0 saturated carbocycles. The highest BCUT2D eigenvalue weighted by Crippen LogP contribution is 2.15. The maximum Gasteiger partial charge on any atom is 0.319 e. The van der Waals surface area contributed by atoms with E-state index in [2.05, 4.69) is 6.58 Å². The molecular formula is C11H20N2O. The molecule has 1 fully saturated rings. The minimum absolute atomic E-state index is 0.183. The number of hydrogen-bond acceptors (Lipinski definition) is 1. The summed E-state index contributed by atoms with van der Waals surface area (Å²) in [5, 5.41) is 0. The van der Waals surface area contributed by atoms with E-state index in [1.807, 2.05) is 23.6 Å². The van der Waals surface area contributed by atoms with E-state index in [1.165, 1.54) is 5.57 Å². The molecule has 0 unspecified atom stereocenters. The second-order valence-electron chi connectivity index (χ2n) is 3.69. The van der Waals surface area contributed by atoms with E-state index in [1.54, 1.807) is 0 Å². The van der Waals surface area contributed by atoms with Crippen LogP contribution in [0.25, 0.3) is 0 Å². The smallest absolute Gasteiger partial charge is 0.319 e. The average molecular weight is 196 g/mol. The van der Waals surface area contributed by atoms with E-state index in [-0.39, 0.29) is 6.03 Å². The average Bonchev–Trinajstić information content (AvgIpc) is 2.20. The molecule has 80 valence electrons. The Balaban J connectivity index is 2.48. The summed E-state index contributed by atoms with van der Waals surface area (Å²) >= 11 is 0. The molecule has 0 N–H and O–H groups in total. The van der Waals surface area contributed by atoms with Crippen molar-refractivity contribution >= 4 is 6.03 Å². The van der Waals surface area contributed by atoms with Gasteiger partial charge in [0.25, 0.3) is 0 Å². The van der Waals surface area contributed by atoms with Crippen molar-refractivity contribution < 1.29 is 4.79 Å². The van der Waals surface area contributed by atoms with Crippen LogP contribution in [-0.4, -0.2) is 42.0 Å². The molecule has 0 aromatic rings. The largest absolute Gasteiger partial charge is 0.325 e. The number of rotatable bonds is 2. The highest BCUT2D eigenvalue weighted by Gasteiger charge is 2.21. The van der Waals surface area contributed by atoms with E-state index in [0.29, 0.717) is 0 Å². The molecule has 2 amide bonds. The highest BCUT2D eigenvalue weighted by atomic mass is 16.2. The van der Waals surface area contributed by atoms with Crippen LogP contribution >= 0.6 is 0 Å². The maximum atomic E-state index is 11.9. The van der Waals surface area contributed by atoms with Gasteiger partial charge in [0, 0.05) is 26.2 Å². The Morgan fingerprint density at radius 1 is 1.36 bits per heavy atom. The molecule has 0 bridgehead atoms. The van der Waals surface area contributed by atoms with Gasteiger partial charge in [0.1, 0.15) is 0 Å². The Hall–Kier alpha value is -0.990. The quantitative estimate of drug-likeness (QED) is 0.620. The molecule has 0 aromatic heterocycles. The Labute approximate surface area is 86.4 Å². The highest BCUT2D eigenvalue weighted by molar-refractivity contribution is 5.74. The fraction of sp³-hybridized carbons (Fsp3) is 0.727. The fourth-order valence-corrected chi connectivity index (χ4v) is 1.71. The molecular weight excluding hydrogens is 176 g/mol. The first-order valence-corrected chi connectivity index (χ1v) is 5.39. The normalized spacial score (nSPS) is 17.0. The zero-order valence-corrected chi connectivity index (χ0v) is 9.25. The summed E-state index contributed by atoms with van der Waals surface area (Å²) in [4.78, 5) is 15.7. The van der Waals surface area contributed by atoms with Crippen LogP contribution in [0, 0.1) is 0 Å². The van der Waals surface area contributed by atoms with E-state index < -0.39 is 0 Å². The summed E-state index contributed by atoms with van der Waals surface area (Å²) in [6.07, 6.45) is 1.93. The van der Waals surface area contributed by atoms with Crippen molar-refractivity contribution in [1.82, 2.24) is 9.80 Å². The van der Waals surface area contributed by atoms with Crippen LogP contribution in [0.1, 0.15) is 26.7 Å². The lowest BCUT2D eigenvalue weighted by atomic mass is 10.1. The monoisotopic (exact) mass is 196 g/mol. The van der Waals surface area contributed by atoms with Gasteiger partial charge < -0.3 is 9.80 Å².